The molecule has 0 aromatic heterocycles. The lowest BCUT2D eigenvalue weighted by Crippen LogP contribution is -2.28. The highest BCUT2D eigenvalue weighted by molar-refractivity contribution is 8.00. The fourth-order valence-electron chi connectivity index (χ4n) is 2.69. The van der Waals surface area contributed by atoms with Gasteiger partial charge < -0.3 is 5.32 Å². The van der Waals surface area contributed by atoms with Gasteiger partial charge in [-0.05, 0) is 11.1 Å². The first-order chi connectivity index (χ1) is 9.34. The van der Waals surface area contributed by atoms with Gasteiger partial charge in [0, 0.05) is 17.7 Å². The summed E-state index contributed by atoms with van der Waals surface area (Å²) < 4.78 is 0. The molecule has 2 aromatic carbocycles. The van der Waals surface area contributed by atoms with Crippen molar-refractivity contribution in [1.29, 1.82) is 0 Å². The number of benzene rings is 2. The Morgan fingerprint density at radius 3 is 1.89 bits per heavy atom. The topological polar surface area (TPSA) is 12.0 Å². The van der Waals surface area contributed by atoms with Crippen molar-refractivity contribution in [1.82, 2.24) is 5.32 Å². The smallest absolute Gasteiger partial charge is 0.0646 e. The van der Waals surface area contributed by atoms with Gasteiger partial charge in [0.1, 0.15) is 0 Å². The zero-order valence-corrected chi connectivity index (χ0v) is 11.9. The Morgan fingerprint density at radius 2 is 1.47 bits per heavy atom. The van der Waals surface area contributed by atoms with Gasteiger partial charge in [0.2, 0.25) is 0 Å². The normalized spacial score (nSPS) is 22.8. The average Bonchev–Trinajstić information content (AvgIpc) is 2.88. The van der Waals surface area contributed by atoms with Crippen LogP contribution in [0.4, 0.5) is 0 Å². The van der Waals surface area contributed by atoms with Gasteiger partial charge in [-0.3, -0.25) is 0 Å². The predicted molar refractivity (Wildman–Crippen MR) is 83.6 cm³/mol. The van der Waals surface area contributed by atoms with Crippen molar-refractivity contribution in [3.63, 3.8) is 0 Å². The molecule has 0 amide bonds. The lowest BCUT2D eigenvalue weighted by molar-refractivity contribution is 0.629. The summed E-state index contributed by atoms with van der Waals surface area (Å²) in [6.07, 6.45) is 0. The van der Waals surface area contributed by atoms with Crippen molar-refractivity contribution in [2.24, 2.45) is 0 Å². The van der Waals surface area contributed by atoms with Crippen molar-refractivity contribution < 1.29 is 0 Å². The van der Waals surface area contributed by atoms with Gasteiger partial charge >= 0.3 is 0 Å². The van der Waals surface area contributed by atoms with E-state index in [1.165, 1.54) is 11.1 Å². The van der Waals surface area contributed by atoms with Crippen LogP contribution in [0.2, 0.25) is 0 Å². The van der Waals surface area contributed by atoms with E-state index in [-0.39, 0.29) is 0 Å². The molecule has 2 atom stereocenters. The second-order valence-electron chi connectivity index (χ2n) is 5.07. The molecule has 0 aliphatic carbocycles. The van der Waals surface area contributed by atoms with Gasteiger partial charge in [0.05, 0.1) is 5.37 Å². The Kier molecular flexibility index (Phi) is 3.90. The highest BCUT2D eigenvalue weighted by atomic mass is 32.2. The van der Waals surface area contributed by atoms with E-state index in [4.69, 9.17) is 0 Å². The van der Waals surface area contributed by atoms with Crippen LogP contribution in [-0.2, 0) is 0 Å². The third-order valence-electron chi connectivity index (χ3n) is 3.61. The first-order valence-electron chi connectivity index (χ1n) is 6.83. The molecule has 0 radical (unpaired) electrons. The Morgan fingerprint density at radius 1 is 0.947 bits per heavy atom. The molecule has 1 heterocycles. The van der Waals surface area contributed by atoms with Crippen LogP contribution in [0.15, 0.2) is 60.7 Å². The quantitative estimate of drug-likeness (QED) is 0.908. The molecule has 1 nitrogen and oxygen atoms in total. The highest BCUT2D eigenvalue weighted by Crippen LogP contribution is 2.37. The largest absolute Gasteiger partial charge is 0.303 e. The van der Waals surface area contributed by atoms with Crippen LogP contribution in [0.25, 0.3) is 0 Å². The summed E-state index contributed by atoms with van der Waals surface area (Å²) in [7, 11) is 0. The van der Waals surface area contributed by atoms with Gasteiger partial charge in [-0.15, -0.1) is 11.8 Å². The van der Waals surface area contributed by atoms with Crippen molar-refractivity contribution >= 4 is 11.8 Å². The molecule has 3 rings (SSSR count). The molecule has 0 spiro atoms. The van der Waals surface area contributed by atoms with E-state index in [0.29, 0.717) is 16.5 Å². The third kappa shape index (κ3) is 2.85. The Balaban J connectivity index is 1.97. The molecule has 1 aliphatic heterocycles. The molecule has 2 heteroatoms. The minimum absolute atomic E-state index is 0.428. The van der Waals surface area contributed by atoms with E-state index < -0.39 is 0 Å². The van der Waals surface area contributed by atoms with E-state index in [2.05, 4.69) is 84.7 Å². The summed E-state index contributed by atoms with van der Waals surface area (Å²) in [6, 6.07) is 21.7. The molecule has 0 bridgehead atoms. The fraction of sp³-hybridized carbons (Fsp3) is 0.294. The standard InChI is InChI=1S/C17H19NS/c1-13-12-18-17(19-13)16(14-8-4-2-5-9-14)15-10-6-3-7-11-15/h2-11,13,16-18H,12H2,1H3. The van der Waals surface area contributed by atoms with Gasteiger partial charge in [-0.1, -0.05) is 67.6 Å². The second kappa shape index (κ2) is 5.81. The second-order valence-corrected chi connectivity index (χ2v) is 6.66. The van der Waals surface area contributed by atoms with Gasteiger partial charge in [-0.2, -0.15) is 0 Å². The van der Waals surface area contributed by atoms with E-state index in [0.717, 1.165) is 6.54 Å². The lowest BCUT2D eigenvalue weighted by atomic mass is 9.91. The van der Waals surface area contributed by atoms with Crippen LogP contribution in [0, 0.1) is 0 Å². The first kappa shape index (κ1) is 12.8. The molecule has 1 saturated heterocycles. The van der Waals surface area contributed by atoms with Crippen LogP contribution in [0.1, 0.15) is 24.0 Å². The summed E-state index contributed by atoms with van der Waals surface area (Å²) in [4.78, 5) is 0. The average molecular weight is 269 g/mol. The molecule has 2 unspecified atom stereocenters. The van der Waals surface area contributed by atoms with Crippen LogP contribution in [0.5, 0.6) is 0 Å². The molecular formula is C17H19NS. The Labute approximate surface area is 119 Å². The zero-order chi connectivity index (χ0) is 13.1. The molecule has 0 saturated carbocycles. The predicted octanol–water partition coefficient (Wildman–Crippen LogP) is 3.87. The summed E-state index contributed by atoms with van der Waals surface area (Å²) >= 11 is 2.05. The van der Waals surface area contributed by atoms with Crippen LogP contribution < -0.4 is 5.32 Å². The fourth-order valence-corrected chi connectivity index (χ4v) is 4.04. The molecule has 1 aliphatic rings. The van der Waals surface area contributed by atoms with Crippen molar-refractivity contribution in [3.8, 4) is 0 Å². The Hall–Kier alpha value is -1.25. The monoisotopic (exact) mass is 269 g/mol. The Bertz CT molecular complexity index is 472. The van der Waals surface area contributed by atoms with E-state index >= 15 is 0 Å². The van der Waals surface area contributed by atoms with Gasteiger partial charge in [-0.25, -0.2) is 0 Å². The van der Waals surface area contributed by atoms with E-state index in [1.807, 2.05) is 0 Å². The molecule has 1 fully saturated rings. The maximum Gasteiger partial charge on any atom is 0.0646 e. The maximum absolute atomic E-state index is 3.67. The van der Waals surface area contributed by atoms with Crippen LogP contribution >= 0.6 is 11.8 Å². The summed E-state index contributed by atoms with van der Waals surface area (Å²) in [5.74, 6) is 0.428. The minimum atomic E-state index is 0.428. The molecule has 2 aromatic rings. The molecule has 98 valence electrons. The lowest BCUT2D eigenvalue weighted by Gasteiger charge is -2.24. The summed E-state index contributed by atoms with van der Waals surface area (Å²) in [5, 5.41) is 4.83. The number of rotatable bonds is 3. The molecular weight excluding hydrogens is 250 g/mol. The highest BCUT2D eigenvalue weighted by Gasteiger charge is 2.30. The number of hydrogen-bond acceptors (Lipinski definition) is 2. The van der Waals surface area contributed by atoms with Crippen LogP contribution in [-0.4, -0.2) is 17.2 Å². The maximum atomic E-state index is 3.67. The number of hydrogen-bond donors (Lipinski definition) is 1. The number of nitrogens with one attached hydrogen (secondary N) is 1. The third-order valence-corrected chi connectivity index (χ3v) is 4.97. The minimum Gasteiger partial charge on any atom is -0.303 e. The summed E-state index contributed by atoms with van der Waals surface area (Å²) in [6.45, 7) is 3.40. The van der Waals surface area contributed by atoms with Crippen molar-refractivity contribution in [2.75, 3.05) is 6.54 Å². The SMILES string of the molecule is CC1CNC(C(c2ccccc2)c2ccccc2)S1. The van der Waals surface area contributed by atoms with Crippen LogP contribution in [0.3, 0.4) is 0 Å². The summed E-state index contributed by atoms with van der Waals surface area (Å²) in [5.41, 5.74) is 2.79. The number of thioether (sulfide) groups is 1. The van der Waals surface area contributed by atoms with Gasteiger partial charge in [0.15, 0.2) is 0 Å². The van der Waals surface area contributed by atoms with E-state index in [9.17, 15) is 0 Å². The zero-order valence-electron chi connectivity index (χ0n) is 11.1. The van der Waals surface area contributed by atoms with Crippen molar-refractivity contribution in [2.45, 2.75) is 23.5 Å². The molecule has 1 N–H and O–H groups in total. The first-order valence-corrected chi connectivity index (χ1v) is 7.77. The molecule has 19 heavy (non-hydrogen) atoms. The van der Waals surface area contributed by atoms with Crippen molar-refractivity contribution in [3.05, 3.63) is 71.8 Å². The van der Waals surface area contributed by atoms with Gasteiger partial charge in [0.25, 0.3) is 0 Å². The van der Waals surface area contributed by atoms with E-state index in [1.54, 1.807) is 0 Å².